The molecule has 0 aliphatic heterocycles. The summed E-state index contributed by atoms with van der Waals surface area (Å²) in [4.78, 5) is 19.7. The summed E-state index contributed by atoms with van der Waals surface area (Å²) in [6.45, 7) is 5.82. The summed E-state index contributed by atoms with van der Waals surface area (Å²) >= 11 is 0. The lowest BCUT2D eigenvalue weighted by molar-refractivity contribution is -0.384. The first-order valence-corrected chi connectivity index (χ1v) is 6.74. The summed E-state index contributed by atoms with van der Waals surface area (Å²) in [6.07, 6.45) is 0.551. The fraction of sp³-hybridized carbons (Fsp3) is 0.500. The van der Waals surface area contributed by atoms with Crippen LogP contribution in [0.2, 0.25) is 0 Å². The van der Waals surface area contributed by atoms with Crippen LogP contribution < -0.4 is 11.5 Å². The highest BCUT2D eigenvalue weighted by atomic mass is 16.6. The van der Waals surface area contributed by atoms with Gasteiger partial charge in [-0.15, -0.1) is 0 Å². The minimum atomic E-state index is -0.913. The number of non-ortho nitro benzene ring substituents is 1. The molecule has 0 aliphatic rings. The number of carboxylic acids is 1. The van der Waals surface area contributed by atoms with Crippen LogP contribution in [0.3, 0.4) is 0 Å². The number of carboxylic acid groups (broad SMARTS) is 1. The molecule has 22 heavy (non-hydrogen) atoms. The van der Waals surface area contributed by atoms with Gasteiger partial charge in [-0.25, -0.2) is 0 Å². The number of rotatable bonds is 4. The first-order chi connectivity index (χ1) is 10.1. The van der Waals surface area contributed by atoms with Crippen LogP contribution >= 0.6 is 0 Å². The SMILES string of the molecule is CC(C)CC(N)C(=O)O.CCO.Nc1ccc([N+](=O)[O-])cc1. The highest BCUT2D eigenvalue weighted by molar-refractivity contribution is 5.72. The summed E-state index contributed by atoms with van der Waals surface area (Å²) in [7, 11) is 0. The zero-order chi connectivity index (χ0) is 17.7. The van der Waals surface area contributed by atoms with E-state index >= 15 is 0 Å². The van der Waals surface area contributed by atoms with Crippen molar-refractivity contribution in [1.82, 2.24) is 0 Å². The van der Waals surface area contributed by atoms with Gasteiger partial charge in [0.25, 0.3) is 5.69 Å². The van der Waals surface area contributed by atoms with Gasteiger partial charge in [0.2, 0.25) is 0 Å². The number of anilines is 1. The second kappa shape index (κ2) is 12.5. The number of aliphatic hydroxyl groups excluding tert-OH is 1. The second-order valence-electron chi connectivity index (χ2n) is 4.74. The van der Waals surface area contributed by atoms with Gasteiger partial charge in [-0.1, -0.05) is 13.8 Å². The Balaban J connectivity index is 0. The smallest absolute Gasteiger partial charge is 0.320 e. The van der Waals surface area contributed by atoms with Crippen LogP contribution in [0.25, 0.3) is 0 Å². The molecule has 8 nitrogen and oxygen atoms in total. The zero-order valence-corrected chi connectivity index (χ0v) is 13.1. The number of benzene rings is 1. The number of aliphatic hydroxyl groups is 1. The van der Waals surface area contributed by atoms with Crippen molar-refractivity contribution in [3.05, 3.63) is 34.4 Å². The average Bonchev–Trinajstić information content (AvgIpc) is 2.40. The third kappa shape index (κ3) is 12.8. The molecule has 0 heterocycles. The molecule has 0 saturated carbocycles. The highest BCUT2D eigenvalue weighted by Crippen LogP contribution is 2.12. The first kappa shape index (κ1) is 22.1. The minimum Gasteiger partial charge on any atom is -0.480 e. The van der Waals surface area contributed by atoms with Gasteiger partial charge in [0, 0.05) is 24.4 Å². The Labute approximate surface area is 129 Å². The number of nitro groups is 1. The van der Waals surface area contributed by atoms with E-state index in [1.165, 1.54) is 24.3 Å². The van der Waals surface area contributed by atoms with Crippen molar-refractivity contribution in [2.24, 2.45) is 11.7 Å². The molecule has 1 aromatic carbocycles. The van der Waals surface area contributed by atoms with E-state index in [4.69, 9.17) is 21.7 Å². The lowest BCUT2D eigenvalue weighted by Crippen LogP contribution is -2.31. The molecule has 0 radical (unpaired) electrons. The number of hydrogen-bond acceptors (Lipinski definition) is 6. The predicted octanol–water partition coefficient (Wildman–Crippen LogP) is 1.62. The van der Waals surface area contributed by atoms with Gasteiger partial charge in [0.15, 0.2) is 0 Å². The molecule has 0 spiro atoms. The first-order valence-electron chi connectivity index (χ1n) is 6.74. The third-order valence-electron chi connectivity index (χ3n) is 2.15. The Kier molecular flexibility index (Phi) is 12.6. The van der Waals surface area contributed by atoms with E-state index < -0.39 is 16.9 Å². The molecule has 0 fully saturated rings. The molecule has 1 unspecified atom stereocenters. The van der Waals surface area contributed by atoms with Gasteiger partial charge >= 0.3 is 5.97 Å². The maximum absolute atomic E-state index is 10.1. The van der Waals surface area contributed by atoms with Crippen molar-refractivity contribution in [2.45, 2.75) is 33.2 Å². The van der Waals surface area contributed by atoms with Crippen LogP contribution in [0.1, 0.15) is 27.2 Å². The molecular formula is C14H25N3O5. The number of carbonyl (C=O) groups is 1. The average molecular weight is 315 g/mol. The van der Waals surface area contributed by atoms with E-state index in [-0.39, 0.29) is 12.3 Å². The van der Waals surface area contributed by atoms with Gasteiger partial charge in [-0.3, -0.25) is 14.9 Å². The largest absolute Gasteiger partial charge is 0.480 e. The van der Waals surface area contributed by atoms with Crippen molar-refractivity contribution < 1.29 is 19.9 Å². The summed E-state index contributed by atoms with van der Waals surface area (Å²) in [5, 5.41) is 26.0. The molecule has 0 amide bonds. The van der Waals surface area contributed by atoms with Crippen molar-refractivity contribution in [2.75, 3.05) is 12.3 Å². The summed E-state index contributed by atoms with van der Waals surface area (Å²) in [5.74, 6) is -0.556. The molecule has 0 aliphatic carbocycles. The summed E-state index contributed by atoms with van der Waals surface area (Å²) in [5.41, 5.74) is 11.1. The molecular weight excluding hydrogens is 290 g/mol. The van der Waals surface area contributed by atoms with Crippen molar-refractivity contribution >= 4 is 17.3 Å². The number of nitrogens with two attached hydrogens (primary N) is 2. The Bertz CT molecular complexity index is 435. The minimum absolute atomic E-state index is 0.0641. The molecule has 0 aromatic heterocycles. The van der Waals surface area contributed by atoms with Crippen LogP contribution in [-0.4, -0.2) is 33.8 Å². The molecule has 0 saturated heterocycles. The van der Waals surface area contributed by atoms with Gasteiger partial charge in [-0.2, -0.15) is 0 Å². The van der Waals surface area contributed by atoms with Crippen LogP contribution in [-0.2, 0) is 4.79 Å². The monoisotopic (exact) mass is 315 g/mol. The molecule has 0 bridgehead atoms. The lowest BCUT2D eigenvalue weighted by Gasteiger charge is -2.07. The summed E-state index contributed by atoms with van der Waals surface area (Å²) in [6, 6.07) is 5.05. The highest BCUT2D eigenvalue weighted by Gasteiger charge is 2.11. The Morgan fingerprint density at radius 1 is 1.32 bits per heavy atom. The molecule has 1 aromatic rings. The normalized spacial score (nSPS) is 10.6. The fourth-order valence-electron chi connectivity index (χ4n) is 1.20. The topological polar surface area (TPSA) is 153 Å². The van der Waals surface area contributed by atoms with Crippen molar-refractivity contribution in [3.8, 4) is 0 Å². The predicted molar refractivity (Wildman–Crippen MR) is 85.3 cm³/mol. The zero-order valence-electron chi connectivity index (χ0n) is 13.1. The van der Waals surface area contributed by atoms with Gasteiger partial charge in [0.1, 0.15) is 6.04 Å². The fourth-order valence-corrected chi connectivity index (χ4v) is 1.20. The quantitative estimate of drug-likeness (QED) is 0.374. The Morgan fingerprint density at radius 3 is 1.95 bits per heavy atom. The maximum Gasteiger partial charge on any atom is 0.320 e. The van der Waals surface area contributed by atoms with Gasteiger partial charge < -0.3 is 21.7 Å². The van der Waals surface area contributed by atoms with E-state index in [1.807, 2.05) is 13.8 Å². The number of nitrogen functional groups attached to an aromatic ring is 1. The van der Waals surface area contributed by atoms with E-state index in [2.05, 4.69) is 0 Å². The lowest BCUT2D eigenvalue weighted by atomic mass is 10.1. The van der Waals surface area contributed by atoms with Crippen LogP contribution in [0.4, 0.5) is 11.4 Å². The van der Waals surface area contributed by atoms with E-state index in [0.717, 1.165) is 0 Å². The molecule has 6 N–H and O–H groups in total. The molecule has 1 rings (SSSR count). The van der Waals surface area contributed by atoms with Crippen molar-refractivity contribution in [3.63, 3.8) is 0 Å². The maximum atomic E-state index is 10.1. The Morgan fingerprint density at radius 2 is 1.73 bits per heavy atom. The molecule has 8 heteroatoms. The van der Waals surface area contributed by atoms with E-state index in [0.29, 0.717) is 18.0 Å². The molecule has 1 atom stereocenters. The molecule has 126 valence electrons. The van der Waals surface area contributed by atoms with Crippen LogP contribution in [0.5, 0.6) is 0 Å². The Hall–Kier alpha value is -2.19. The summed E-state index contributed by atoms with van der Waals surface area (Å²) < 4.78 is 0. The second-order valence-corrected chi connectivity index (χ2v) is 4.74. The van der Waals surface area contributed by atoms with Crippen molar-refractivity contribution in [1.29, 1.82) is 0 Å². The van der Waals surface area contributed by atoms with Gasteiger partial charge in [0.05, 0.1) is 4.92 Å². The number of hydrogen-bond donors (Lipinski definition) is 4. The van der Waals surface area contributed by atoms with Crippen LogP contribution in [0, 0.1) is 16.0 Å². The third-order valence-corrected chi connectivity index (χ3v) is 2.15. The standard InChI is InChI=1S/C6H6N2O2.C6H13NO2.C2H6O/c7-5-1-3-6(4-2-5)8(9)10;1-4(2)3-5(7)6(8)9;1-2-3/h1-4H,7H2;4-5H,3,7H2,1-2H3,(H,8,9);3H,2H2,1H3. The van der Waals surface area contributed by atoms with E-state index in [9.17, 15) is 14.9 Å². The van der Waals surface area contributed by atoms with Crippen LogP contribution in [0.15, 0.2) is 24.3 Å². The van der Waals surface area contributed by atoms with E-state index in [1.54, 1.807) is 6.92 Å². The van der Waals surface area contributed by atoms with Gasteiger partial charge in [-0.05, 0) is 31.4 Å². The number of nitrogens with zero attached hydrogens (tertiary/aromatic N) is 1. The number of nitro benzene ring substituents is 1. The number of aliphatic carboxylic acids is 1.